The van der Waals surface area contributed by atoms with E-state index in [-0.39, 0.29) is 6.10 Å². The number of hydrogen-bond donors (Lipinski definition) is 2. The Balaban J connectivity index is 1.86. The van der Waals surface area contributed by atoms with Crippen molar-refractivity contribution in [3.05, 3.63) is 12.1 Å². The SMILES string of the molecule is CC1CC(Nc2ccc(N)c3nonc23)CCO1. The molecule has 3 N–H and O–H groups in total. The highest BCUT2D eigenvalue weighted by molar-refractivity contribution is 5.95. The van der Waals surface area contributed by atoms with Crippen LogP contribution in [0.15, 0.2) is 16.8 Å². The smallest absolute Gasteiger partial charge is 0.160 e. The molecule has 1 saturated heterocycles. The van der Waals surface area contributed by atoms with E-state index in [0.29, 0.717) is 22.8 Å². The van der Waals surface area contributed by atoms with Crippen LogP contribution in [0, 0.1) is 0 Å². The summed E-state index contributed by atoms with van der Waals surface area (Å²) < 4.78 is 10.3. The maximum Gasteiger partial charge on any atom is 0.160 e. The molecule has 0 bridgehead atoms. The third-order valence-electron chi connectivity index (χ3n) is 3.29. The molecule has 0 amide bonds. The van der Waals surface area contributed by atoms with Gasteiger partial charge in [0, 0.05) is 12.6 Å². The lowest BCUT2D eigenvalue weighted by molar-refractivity contribution is 0.0232. The Morgan fingerprint density at radius 3 is 3.00 bits per heavy atom. The molecule has 1 fully saturated rings. The van der Waals surface area contributed by atoms with Crippen LogP contribution < -0.4 is 11.1 Å². The van der Waals surface area contributed by atoms with E-state index in [1.807, 2.05) is 12.1 Å². The topological polar surface area (TPSA) is 86.2 Å². The van der Waals surface area contributed by atoms with E-state index >= 15 is 0 Å². The fourth-order valence-corrected chi connectivity index (χ4v) is 2.35. The molecular formula is C12H16N4O2. The van der Waals surface area contributed by atoms with Gasteiger partial charge in [-0.05, 0) is 42.2 Å². The van der Waals surface area contributed by atoms with Crippen LogP contribution in [0.2, 0.25) is 0 Å². The van der Waals surface area contributed by atoms with Gasteiger partial charge in [0.15, 0.2) is 11.0 Å². The van der Waals surface area contributed by atoms with Crippen molar-refractivity contribution in [2.24, 2.45) is 0 Å². The molecule has 18 heavy (non-hydrogen) atoms. The van der Waals surface area contributed by atoms with Gasteiger partial charge < -0.3 is 15.8 Å². The van der Waals surface area contributed by atoms with E-state index < -0.39 is 0 Å². The first-order valence-electron chi connectivity index (χ1n) is 6.13. The molecule has 3 rings (SSSR count). The molecule has 6 heteroatoms. The van der Waals surface area contributed by atoms with E-state index in [9.17, 15) is 0 Å². The molecule has 1 aliphatic rings. The van der Waals surface area contributed by atoms with Gasteiger partial charge in [0.2, 0.25) is 0 Å². The molecule has 2 unspecified atom stereocenters. The van der Waals surface area contributed by atoms with Gasteiger partial charge >= 0.3 is 0 Å². The number of ether oxygens (including phenoxy) is 1. The zero-order valence-corrected chi connectivity index (χ0v) is 10.2. The molecule has 0 aliphatic carbocycles. The van der Waals surface area contributed by atoms with Crippen molar-refractivity contribution in [1.29, 1.82) is 0 Å². The molecular weight excluding hydrogens is 232 g/mol. The first-order valence-corrected chi connectivity index (χ1v) is 6.13. The lowest BCUT2D eigenvalue weighted by atomic mass is 10.0. The van der Waals surface area contributed by atoms with Crippen molar-refractivity contribution in [2.75, 3.05) is 17.7 Å². The molecule has 2 atom stereocenters. The summed E-state index contributed by atoms with van der Waals surface area (Å²) in [4.78, 5) is 0. The first kappa shape index (κ1) is 11.3. The zero-order valence-electron chi connectivity index (χ0n) is 10.2. The first-order chi connectivity index (χ1) is 8.74. The number of nitrogens with two attached hydrogens (primary N) is 1. The Bertz CT molecular complexity index is 554. The zero-order chi connectivity index (χ0) is 12.5. The number of nitrogens with zero attached hydrogens (tertiary/aromatic N) is 2. The normalized spacial score (nSPS) is 24.3. The van der Waals surface area contributed by atoms with Gasteiger partial charge in [-0.25, -0.2) is 4.63 Å². The summed E-state index contributed by atoms with van der Waals surface area (Å²) in [5.74, 6) is 0. The fraction of sp³-hybridized carbons (Fsp3) is 0.500. The van der Waals surface area contributed by atoms with Crippen LogP contribution in [0.25, 0.3) is 11.0 Å². The van der Waals surface area contributed by atoms with Crippen LogP contribution in [0.4, 0.5) is 11.4 Å². The number of nitrogen functional groups attached to an aromatic ring is 1. The predicted molar refractivity (Wildman–Crippen MR) is 68.3 cm³/mol. The van der Waals surface area contributed by atoms with E-state index in [4.69, 9.17) is 15.1 Å². The monoisotopic (exact) mass is 248 g/mol. The van der Waals surface area contributed by atoms with Crippen LogP contribution in [-0.2, 0) is 4.74 Å². The van der Waals surface area contributed by atoms with E-state index in [0.717, 1.165) is 25.1 Å². The van der Waals surface area contributed by atoms with Crippen molar-refractivity contribution in [3.63, 3.8) is 0 Å². The molecule has 0 radical (unpaired) electrons. The minimum atomic E-state index is 0.288. The number of anilines is 2. The fourth-order valence-electron chi connectivity index (χ4n) is 2.35. The van der Waals surface area contributed by atoms with Gasteiger partial charge in [0.1, 0.15) is 0 Å². The van der Waals surface area contributed by atoms with Crippen LogP contribution in [0.1, 0.15) is 19.8 Å². The average molecular weight is 248 g/mol. The number of hydrogen-bond acceptors (Lipinski definition) is 6. The van der Waals surface area contributed by atoms with Crippen molar-refractivity contribution in [1.82, 2.24) is 10.3 Å². The minimum Gasteiger partial charge on any atom is -0.397 e. The number of rotatable bonds is 2. The van der Waals surface area contributed by atoms with Crippen molar-refractivity contribution < 1.29 is 9.37 Å². The second-order valence-corrected chi connectivity index (χ2v) is 4.71. The van der Waals surface area contributed by atoms with Crippen LogP contribution in [0.5, 0.6) is 0 Å². The second-order valence-electron chi connectivity index (χ2n) is 4.71. The summed E-state index contributed by atoms with van der Waals surface area (Å²) in [6.45, 7) is 2.87. The van der Waals surface area contributed by atoms with Crippen molar-refractivity contribution in [3.8, 4) is 0 Å². The quantitative estimate of drug-likeness (QED) is 0.788. The van der Waals surface area contributed by atoms with E-state index in [1.54, 1.807) is 0 Å². The van der Waals surface area contributed by atoms with Gasteiger partial charge in [-0.3, -0.25) is 0 Å². The van der Waals surface area contributed by atoms with Gasteiger partial charge in [-0.2, -0.15) is 0 Å². The van der Waals surface area contributed by atoms with Crippen molar-refractivity contribution in [2.45, 2.75) is 31.9 Å². The Labute approximate surface area is 104 Å². The lowest BCUT2D eigenvalue weighted by Crippen LogP contribution is -2.32. The average Bonchev–Trinajstić information content (AvgIpc) is 2.83. The van der Waals surface area contributed by atoms with Crippen LogP contribution in [0.3, 0.4) is 0 Å². The number of fused-ring (bicyclic) bond motifs is 1. The minimum absolute atomic E-state index is 0.288. The third kappa shape index (κ3) is 1.99. The molecule has 1 aromatic heterocycles. The van der Waals surface area contributed by atoms with Gasteiger partial charge in [0.05, 0.1) is 17.5 Å². The van der Waals surface area contributed by atoms with E-state index in [2.05, 4.69) is 22.6 Å². The molecule has 6 nitrogen and oxygen atoms in total. The Kier molecular flexibility index (Phi) is 2.79. The standard InChI is InChI=1S/C12H16N4O2/c1-7-6-8(4-5-17-7)14-10-3-2-9(13)11-12(10)16-18-15-11/h2-3,7-8,14H,4-6,13H2,1H3. The second kappa shape index (κ2) is 4.45. The number of aromatic nitrogens is 2. The highest BCUT2D eigenvalue weighted by atomic mass is 16.6. The summed E-state index contributed by atoms with van der Waals surface area (Å²) in [5.41, 5.74) is 8.61. The molecule has 2 aromatic rings. The summed E-state index contributed by atoms with van der Waals surface area (Å²) in [6, 6.07) is 4.12. The third-order valence-corrected chi connectivity index (χ3v) is 3.29. The number of benzene rings is 1. The van der Waals surface area contributed by atoms with E-state index in [1.165, 1.54) is 0 Å². The summed E-state index contributed by atoms with van der Waals surface area (Å²) in [6.07, 6.45) is 2.26. The van der Waals surface area contributed by atoms with Gasteiger partial charge in [-0.15, -0.1) is 0 Å². The lowest BCUT2D eigenvalue weighted by Gasteiger charge is -2.28. The molecule has 2 heterocycles. The summed E-state index contributed by atoms with van der Waals surface area (Å²) in [5, 5.41) is 11.2. The van der Waals surface area contributed by atoms with Crippen molar-refractivity contribution >= 4 is 22.4 Å². The molecule has 0 saturated carbocycles. The Hall–Kier alpha value is -1.82. The number of nitrogens with one attached hydrogen (secondary N) is 1. The highest BCUT2D eigenvalue weighted by Crippen LogP contribution is 2.27. The van der Waals surface area contributed by atoms with Crippen LogP contribution in [-0.4, -0.2) is 29.1 Å². The van der Waals surface area contributed by atoms with Crippen LogP contribution >= 0.6 is 0 Å². The maximum absolute atomic E-state index is 5.81. The summed E-state index contributed by atoms with van der Waals surface area (Å²) in [7, 11) is 0. The summed E-state index contributed by atoms with van der Waals surface area (Å²) >= 11 is 0. The molecule has 1 aromatic carbocycles. The molecule has 0 spiro atoms. The molecule has 1 aliphatic heterocycles. The largest absolute Gasteiger partial charge is 0.397 e. The maximum atomic E-state index is 5.81. The van der Waals surface area contributed by atoms with Gasteiger partial charge in [-0.1, -0.05) is 0 Å². The Morgan fingerprint density at radius 2 is 2.17 bits per heavy atom. The predicted octanol–water partition coefficient (Wildman–Crippen LogP) is 1.78. The van der Waals surface area contributed by atoms with Gasteiger partial charge in [0.25, 0.3) is 0 Å². The molecule has 96 valence electrons. The highest BCUT2D eigenvalue weighted by Gasteiger charge is 2.20. The Morgan fingerprint density at radius 1 is 1.33 bits per heavy atom.